The summed E-state index contributed by atoms with van der Waals surface area (Å²) < 4.78 is 0.906. The number of halogens is 3. The van der Waals surface area contributed by atoms with Crippen LogP contribution in [0.4, 0.5) is 0 Å². The van der Waals surface area contributed by atoms with Crippen LogP contribution in [-0.2, 0) is 0 Å². The molecule has 0 aromatic heterocycles. The molecule has 0 spiro atoms. The number of hydrogen-bond donors (Lipinski definition) is 1. The Morgan fingerprint density at radius 3 is 2.50 bits per heavy atom. The summed E-state index contributed by atoms with van der Waals surface area (Å²) in [6, 6.07) is 5.78. The number of rotatable bonds is 1. The molecule has 0 aliphatic rings. The number of hydrogen-bond acceptors (Lipinski definition) is 1. The van der Waals surface area contributed by atoms with Crippen molar-refractivity contribution in [1.82, 2.24) is 0 Å². The van der Waals surface area contributed by atoms with Gasteiger partial charge in [0.1, 0.15) is 0 Å². The molecule has 68 valence electrons. The zero-order valence-corrected chi connectivity index (χ0v) is 9.71. The lowest BCUT2D eigenvalue weighted by Gasteiger charge is -2.05. The highest BCUT2D eigenvalue weighted by Crippen LogP contribution is 2.24. The van der Waals surface area contributed by atoms with Gasteiger partial charge in [-0.05, 0) is 40.5 Å². The van der Waals surface area contributed by atoms with Gasteiger partial charge >= 0.3 is 0 Å². The van der Waals surface area contributed by atoms with Gasteiger partial charge in [0.15, 0.2) is 0 Å². The number of benzene rings is 1. The van der Waals surface area contributed by atoms with Crippen molar-refractivity contribution in [3.8, 4) is 0 Å². The van der Waals surface area contributed by atoms with E-state index in [-0.39, 0.29) is 18.4 Å². The van der Waals surface area contributed by atoms with Crippen LogP contribution in [0, 0.1) is 0 Å². The van der Waals surface area contributed by atoms with Crippen molar-refractivity contribution >= 4 is 39.9 Å². The van der Waals surface area contributed by atoms with Crippen LogP contribution in [0.25, 0.3) is 0 Å². The van der Waals surface area contributed by atoms with E-state index in [9.17, 15) is 0 Å². The highest BCUT2D eigenvalue weighted by atomic mass is 79.9. The second-order valence-electron chi connectivity index (χ2n) is 2.46. The van der Waals surface area contributed by atoms with Crippen molar-refractivity contribution in [3.05, 3.63) is 33.3 Å². The Labute approximate surface area is 91.8 Å². The predicted octanol–water partition coefficient (Wildman–Crippen LogP) is 3.54. The molecule has 4 heteroatoms. The minimum atomic E-state index is 0. The fourth-order valence-corrected chi connectivity index (χ4v) is 1.23. The van der Waals surface area contributed by atoms with E-state index >= 15 is 0 Å². The Morgan fingerprint density at radius 1 is 1.50 bits per heavy atom. The average molecular weight is 271 g/mol. The van der Waals surface area contributed by atoms with Gasteiger partial charge in [-0.3, -0.25) is 0 Å². The fraction of sp³-hybridized carbons (Fsp3) is 0.250. The first-order chi connectivity index (χ1) is 5.11. The van der Waals surface area contributed by atoms with E-state index in [2.05, 4.69) is 15.9 Å². The summed E-state index contributed by atoms with van der Waals surface area (Å²) in [6.07, 6.45) is 0. The summed E-state index contributed by atoms with van der Waals surface area (Å²) in [4.78, 5) is 0. The Hall–Kier alpha value is 0.240. The van der Waals surface area contributed by atoms with E-state index in [4.69, 9.17) is 17.3 Å². The SMILES string of the molecule is C[C@H](N)c1ccc(Br)c(Cl)c1.Cl. The third kappa shape index (κ3) is 2.94. The van der Waals surface area contributed by atoms with Crippen LogP contribution in [0.5, 0.6) is 0 Å². The van der Waals surface area contributed by atoms with Gasteiger partial charge in [-0.2, -0.15) is 0 Å². The molecule has 0 aliphatic carbocycles. The van der Waals surface area contributed by atoms with E-state index in [1.165, 1.54) is 0 Å². The molecular weight excluding hydrogens is 261 g/mol. The Kier molecular flexibility index (Phi) is 5.18. The standard InChI is InChI=1S/C8H9BrClN.ClH/c1-5(11)6-2-3-7(9)8(10)4-6;/h2-5H,11H2,1H3;1H/t5-;/m0./s1. The molecule has 0 saturated heterocycles. The van der Waals surface area contributed by atoms with Gasteiger partial charge in [0.05, 0.1) is 5.02 Å². The summed E-state index contributed by atoms with van der Waals surface area (Å²) in [5.41, 5.74) is 6.71. The minimum Gasteiger partial charge on any atom is -0.324 e. The first-order valence-corrected chi connectivity index (χ1v) is 4.49. The van der Waals surface area contributed by atoms with Crippen LogP contribution < -0.4 is 5.73 Å². The van der Waals surface area contributed by atoms with Gasteiger partial charge in [0.25, 0.3) is 0 Å². The maximum Gasteiger partial charge on any atom is 0.0551 e. The zero-order valence-electron chi connectivity index (χ0n) is 6.55. The third-order valence-electron chi connectivity index (χ3n) is 1.47. The molecule has 1 aromatic carbocycles. The molecule has 0 amide bonds. The molecule has 1 aromatic rings. The summed E-state index contributed by atoms with van der Waals surface area (Å²) in [6.45, 7) is 1.93. The summed E-state index contributed by atoms with van der Waals surface area (Å²) >= 11 is 9.16. The lowest BCUT2D eigenvalue weighted by molar-refractivity contribution is 0.818. The van der Waals surface area contributed by atoms with Crippen LogP contribution >= 0.6 is 39.9 Å². The van der Waals surface area contributed by atoms with E-state index in [0.29, 0.717) is 5.02 Å². The highest BCUT2D eigenvalue weighted by molar-refractivity contribution is 9.10. The van der Waals surface area contributed by atoms with Crippen molar-refractivity contribution in [2.45, 2.75) is 13.0 Å². The molecule has 0 unspecified atom stereocenters. The Balaban J connectivity index is 0.00000121. The normalized spacial score (nSPS) is 12.0. The maximum atomic E-state index is 5.86. The van der Waals surface area contributed by atoms with Crippen molar-refractivity contribution in [1.29, 1.82) is 0 Å². The fourth-order valence-electron chi connectivity index (χ4n) is 0.796. The van der Waals surface area contributed by atoms with Gasteiger partial charge in [0, 0.05) is 10.5 Å². The minimum absolute atomic E-state index is 0. The highest BCUT2D eigenvalue weighted by Gasteiger charge is 2.01. The lowest BCUT2D eigenvalue weighted by atomic mass is 10.1. The van der Waals surface area contributed by atoms with Crippen LogP contribution in [0.2, 0.25) is 5.02 Å². The van der Waals surface area contributed by atoms with Crippen molar-refractivity contribution < 1.29 is 0 Å². The molecule has 0 fully saturated rings. The molecule has 0 saturated carbocycles. The second-order valence-corrected chi connectivity index (χ2v) is 3.72. The van der Waals surface area contributed by atoms with Gasteiger partial charge < -0.3 is 5.73 Å². The molecular formula is C8H10BrCl2N. The van der Waals surface area contributed by atoms with Crippen molar-refractivity contribution in [3.63, 3.8) is 0 Å². The van der Waals surface area contributed by atoms with E-state index in [0.717, 1.165) is 10.0 Å². The van der Waals surface area contributed by atoms with Crippen LogP contribution in [0.3, 0.4) is 0 Å². The first-order valence-electron chi connectivity index (χ1n) is 3.32. The predicted molar refractivity (Wildman–Crippen MR) is 59.0 cm³/mol. The molecule has 0 aliphatic heterocycles. The summed E-state index contributed by atoms with van der Waals surface area (Å²) in [5, 5.41) is 0.708. The zero-order chi connectivity index (χ0) is 8.43. The molecule has 2 N–H and O–H groups in total. The molecule has 1 atom stereocenters. The number of nitrogens with two attached hydrogens (primary N) is 1. The molecule has 12 heavy (non-hydrogen) atoms. The summed E-state index contributed by atoms with van der Waals surface area (Å²) in [5.74, 6) is 0. The van der Waals surface area contributed by atoms with Crippen LogP contribution in [0.1, 0.15) is 18.5 Å². The second kappa shape index (κ2) is 5.07. The molecule has 0 radical (unpaired) electrons. The van der Waals surface area contributed by atoms with Gasteiger partial charge in [-0.15, -0.1) is 12.4 Å². The quantitative estimate of drug-likeness (QED) is 0.830. The molecule has 1 nitrogen and oxygen atoms in total. The largest absolute Gasteiger partial charge is 0.324 e. The van der Waals surface area contributed by atoms with E-state index in [1.54, 1.807) is 0 Å². The Morgan fingerprint density at radius 2 is 2.08 bits per heavy atom. The average Bonchev–Trinajstić information content (AvgIpc) is 1.94. The van der Waals surface area contributed by atoms with Crippen molar-refractivity contribution in [2.75, 3.05) is 0 Å². The monoisotopic (exact) mass is 269 g/mol. The van der Waals surface area contributed by atoms with Gasteiger partial charge in [0.2, 0.25) is 0 Å². The van der Waals surface area contributed by atoms with Crippen LogP contribution in [0.15, 0.2) is 22.7 Å². The molecule has 0 bridgehead atoms. The van der Waals surface area contributed by atoms with Gasteiger partial charge in [-0.25, -0.2) is 0 Å². The lowest BCUT2D eigenvalue weighted by Crippen LogP contribution is -2.04. The first kappa shape index (κ1) is 12.2. The van der Waals surface area contributed by atoms with E-state index < -0.39 is 0 Å². The molecule has 0 heterocycles. The maximum absolute atomic E-state index is 5.86. The van der Waals surface area contributed by atoms with Crippen molar-refractivity contribution in [2.24, 2.45) is 5.73 Å². The van der Waals surface area contributed by atoms with Gasteiger partial charge in [-0.1, -0.05) is 17.7 Å². The molecule has 1 rings (SSSR count). The van der Waals surface area contributed by atoms with Crippen LogP contribution in [-0.4, -0.2) is 0 Å². The third-order valence-corrected chi connectivity index (χ3v) is 2.70. The topological polar surface area (TPSA) is 26.0 Å². The Bertz CT molecular complexity index is 263. The summed E-state index contributed by atoms with van der Waals surface area (Å²) in [7, 11) is 0. The van der Waals surface area contributed by atoms with E-state index in [1.807, 2.05) is 25.1 Å². The smallest absolute Gasteiger partial charge is 0.0551 e.